The first-order valence-corrected chi connectivity index (χ1v) is 9.42. The van der Waals surface area contributed by atoms with Crippen LogP contribution in [0.25, 0.3) is 0 Å². The number of carbonyl (C=O) groups is 1. The van der Waals surface area contributed by atoms with E-state index in [4.69, 9.17) is 5.73 Å². The SMILES string of the molecule is CS(=O)(=O)N1Cc2[nH]nc(C(Cc3cccs3)C(N)=O)c2C1. The molecule has 22 heavy (non-hydrogen) atoms. The smallest absolute Gasteiger partial charge is 0.227 e. The molecule has 2 aromatic heterocycles. The van der Waals surface area contributed by atoms with Crippen molar-refractivity contribution in [3.8, 4) is 0 Å². The minimum absolute atomic E-state index is 0.230. The quantitative estimate of drug-likeness (QED) is 0.828. The van der Waals surface area contributed by atoms with Gasteiger partial charge < -0.3 is 5.73 Å². The number of sulfonamides is 1. The topological polar surface area (TPSA) is 109 Å². The zero-order valence-electron chi connectivity index (χ0n) is 11.9. The number of hydrogen-bond donors (Lipinski definition) is 2. The maximum atomic E-state index is 11.8. The third kappa shape index (κ3) is 2.79. The lowest BCUT2D eigenvalue weighted by atomic mass is 9.96. The number of nitrogens with zero attached hydrogens (tertiary/aromatic N) is 2. The zero-order valence-corrected chi connectivity index (χ0v) is 13.6. The number of fused-ring (bicyclic) bond motifs is 1. The highest BCUT2D eigenvalue weighted by atomic mass is 32.2. The van der Waals surface area contributed by atoms with E-state index in [2.05, 4.69) is 10.2 Å². The van der Waals surface area contributed by atoms with Crippen molar-refractivity contribution < 1.29 is 13.2 Å². The molecular weight excluding hydrogens is 324 g/mol. The number of thiophene rings is 1. The van der Waals surface area contributed by atoms with E-state index in [0.717, 1.165) is 16.1 Å². The summed E-state index contributed by atoms with van der Waals surface area (Å²) in [7, 11) is -3.28. The molecule has 1 amide bonds. The van der Waals surface area contributed by atoms with Gasteiger partial charge in [-0.2, -0.15) is 9.40 Å². The van der Waals surface area contributed by atoms with Crippen LogP contribution in [0, 0.1) is 0 Å². The van der Waals surface area contributed by atoms with Crippen molar-refractivity contribution in [1.29, 1.82) is 0 Å². The summed E-state index contributed by atoms with van der Waals surface area (Å²) in [5.41, 5.74) is 7.60. The summed E-state index contributed by atoms with van der Waals surface area (Å²) < 4.78 is 24.7. The van der Waals surface area contributed by atoms with Crippen molar-refractivity contribution in [2.75, 3.05) is 6.26 Å². The Hall–Kier alpha value is -1.71. The highest BCUT2D eigenvalue weighted by molar-refractivity contribution is 7.88. The second kappa shape index (κ2) is 5.49. The Bertz CT molecular complexity index is 795. The van der Waals surface area contributed by atoms with Crippen LogP contribution in [0.2, 0.25) is 0 Å². The molecule has 0 spiro atoms. The van der Waals surface area contributed by atoms with Gasteiger partial charge >= 0.3 is 0 Å². The Balaban J connectivity index is 1.91. The van der Waals surface area contributed by atoms with Crippen LogP contribution in [-0.4, -0.2) is 35.1 Å². The van der Waals surface area contributed by atoms with E-state index in [1.165, 1.54) is 10.6 Å². The van der Waals surface area contributed by atoms with Crippen LogP contribution in [0.15, 0.2) is 17.5 Å². The third-order valence-corrected chi connectivity index (χ3v) is 5.88. The molecule has 1 aliphatic heterocycles. The van der Waals surface area contributed by atoms with Crippen molar-refractivity contribution >= 4 is 27.3 Å². The van der Waals surface area contributed by atoms with Gasteiger partial charge in [0.1, 0.15) is 0 Å². The van der Waals surface area contributed by atoms with Gasteiger partial charge in [0.25, 0.3) is 0 Å². The van der Waals surface area contributed by atoms with Gasteiger partial charge in [0, 0.05) is 17.0 Å². The molecule has 0 aromatic carbocycles. The van der Waals surface area contributed by atoms with E-state index in [1.807, 2.05) is 17.5 Å². The van der Waals surface area contributed by atoms with Gasteiger partial charge in [-0.1, -0.05) is 6.07 Å². The molecule has 7 nitrogen and oxygen atoms in total. The van der Waals surface area contributed by atoms with E-state index >= 15 is 0 Å². The lowest BCUT2D eigenvalue weighted by Crippen LogP contribution is -2.26. The molecule has 1 aliphatic rings. The maximum Gasteiger partial charge on any atom is 0.227 e. The molecule has 3 N–H and O–H groups in total. The Morgan fingerprint density at radius 2 is 2.32 bits per heavy atom. The first kappa shape index (κ1) is 15.2. The number of primary amides is 1. The number of nitrogens with one attached hydrogen (secondary N) is 1. The van der Waals surface area contributed by atoms with E-state index in [1.54, 1.807) is 11.3 Å². The molecule has 9 heteroatoms. The standard InChI is InChI=1S/C13H16N4O3S2/c1-22(19,20)17-6-10-11(7-17)15-16-12(10)9(13(14)18)5-8-3-2-4-21-8/h2-4,9H,5-7H2,1H3,(H2,14,18)(H,15,16). The van der Waals surface area contributed by atoms with Crippen LogP contribution in [0.5, 0.6) is 0 Å². The van der Waals surface area contributed by atoms with E-state index in [0.29, 0.717) is 12.1 Å². The molecule has 0 radical (unpaired) electrons. The van der Waals surface area contributed by atoms with Crippen molar-refractivity contribution in [3.63, 3.8) is 0 Å². The fourth-order valence-electron chi connectivity index (χ4n) is 2.62. The fourth-order valence-corrected chi connectivity index (χ4v) is 4.10. The Morgan fingerprint density at radius 1 is 1.55 bits per heavy atom. The van der Waals surface area contributed by atoms with Gasteiger partial charge in [-0.05, 0) is 17.9 Å². The third-order valence-electron chi connectivity index (χ3n) is 3.78. The molecule has 3 rings (SSSR count). The first-order chi connectivity index (χ1) is 10.4. The molecule has 1 atom stereocenters. The molecule has 0 aliphatic carbocycles. The van der Waals surface area contributed by atoms with Gasteiger partial charge in [-0.15, -0.1) is 11.3 Å². The second-order valence-electron chi connectivity index (χ2n) is 5.34. The average molecular weight is 340 g/mol. The highest BCUT2D eigenvalue weighted by Crippen LogP contribution is 2.32. The van der Waals surface area contributed by atoms with Crippen molar-refractivity contribution in [2.24, 2.45) is 5.73 Å². The van der Waals surface area contributed by atoms with Gasteiger partial charge in [0.2, 0.25) is 15.9 Å². The Labute approximate surface area is 132 Å². The molecule has 1 unspecified atom stereocenters. The summed E-state index contributed by atoms with van der Waals surface area (Å²) in [6.07, 6.45) is 1.65. The lowest BCUT2D eigenvalue weighted by molar-refractivity contribution is -0.119. The summed E-state index contributed by atoms with van der Waals surface area (Å²) in [6.45, 7) is 0.486. The van der Waals surface area contributed by atoms with Gasteiger partial charge in [0.05, 0.1) is 30.1 Å². The van der Waals surface area contributed by atoms with E-state index in [-0.39, 0.29) is 13.1 Å². The number of amides is 1. The van der Waals surface area contributed by atoms with Crippen molar-refractivity contribution in [2.45, 2.75) is 25.4 Å². The van der Waals surface area contributed by atoms with Crippen molar-refractivity contribution in [3.05, 3.63) is 39.3 Å². The van der Waals surface area contributed by atoms with Crippen LogP contribution in [-0.2, 0) is 34.3 Å². The number of nitrogens with two attached hydrogens (primary N) is 1. The maximum absolute atomic E-state index is 11.8. The number of hydrogen-bond acceptors (Lipinski definition) is 5. The minimum Gasteiger partial charge on any atom is -0.369 e. The molecule has 2 aromatic rings. The summed E-state index contributed by atoms with van der Waals surface area (Å²) in [5, 5.41) is 8.99. The predicted molar refractivity (Wildman–Crippen MR) is 82.6 cm³/mol. The summed E-state index contributed by atoms with van der Waals surface area (Å²) >= 11 is 1.55. The van der Waals surface area contributed by atoms with Crippen LogP contribution in [0.3, 0.4) is 0 Å². The van der Waals surface area contributed by atoms with Gasteiger partial charge in [-0.3, -0.25) is 9.89 Å². The summed E-state index contributed by atoms with van der Waals surface area (Å²) in [4.78, 5) is 12.9. The van der Waals surface area contributed by atoms with Crippen LogP contribution >= 0.6 is 11.3 Å². The molecule has 0 saturated carbocycles. The Morgan fingerprint density at radius 3 is 2.91 bits per heavy atom. The second-order valence-corrected chi connectivity index (χ2v) is 8.35. The van der Waals surface area contributed by atoms with Crippen LogP contribution in [0.4, 0.5) is 0 Å². The van der Waals surface area contributed by atoms with E-state index < -0.39 is 21.8 Å². The molecule has 0 saturated heterocycles. The number of carbonyl (C=O) groups excluding carboxylic acids is 1. The summed E-state index contributed by atoms with van der Waals surface area (Å²) in [6, 6.07) is 3.86. The highest BCUT2D eigenvalue weighted by Gasteiger charge is 2.34. The number of aromatic amines is 1. The molecule has 3 heterocycles. The number of aromatic nitrogens is 2. The lowest BCUT2D eigenvalue weighted by Gasteiger charge is -2.14. The molecule has 118 valence electrons. The largest absolute Gasteiger partial charge is 0.369 e. The monoisotopic (exact) mass is 340 g/mol. The minimum atomic E-state index is -3.28. The normalized spacial score (nSPS) is 16.6. The van der Waals surface area contributed by atoms with E-state index in [9.17, 15) is 13.2 Å². The van der Waals surface area contributed by atoms with Crippen LogP contribution in [0.1, 0.15) is 27.7 Å². The molecule has 0 fully saturated rings. The van der Waals surface area contributed by atoms with Gasteiger partial charge in [-0.25, -0.2) is 8.42 Å². The number of rotatable bonds is 5. The predicted octanol–water partition coefficient (Wildman–Crippen LogP) is 0.558. The molecule has 0 bridgehead atoms. The summed E-state index contributed by atoms with van der Waals surface area (Å²) in [5.74, 6) is -1.02. The average Bonchev–Trinajstić information content (AvgIpc) is 3.11. The number of H-pyrrole nitrogens is 1. The fraction of sp³-hybridized carbons (Fsp3) is 0.385. The van der Waals surface area contributed by atoms with Crippen molar-refractivity contribution in [1.82, 2.24) is 14.5 Å². The zero-order chi connectivity index (χ0) is 15.9. The molecular formula is C13H16N4O3S2. The van der Waals surface area contributed by atoms with Gasteiger partial charge in [0.15, 0.2) is 0 Å². The first-order valence-electron chi connectivity index (χ1n) is 6.69. The van der Waals surface area contributed by atoms with Crippen LogP contribution < -0.4 is 5.73 Å². The Kier molecular flexibility index (Phi) is 3.79.